The van der Waals surface area contributed by atoms with Crippen LogP contribution in [0.5, 0.6) is 0 Å². The summed E-state index contributed by atoms with van der Waals surface area (Å²) >= 11 is 0. The van der Waals surface area contributed by atoms with Gasteiger partial charge in [0.05, 0.1) is 11.6 Å². The molecule has 1 unspecified atom stereocenters. The molecule has 0 spiro atoms. The number of benzene rings is 3. The molecule has 36 heavy (non-hydrogen) atoms. The van der Waals surface area contributed by atoms with Crippen LogP contribution in [0.4, 0.5) is 14.5 Å². The lowest BCUT2D eigenvalue weighted by Gasteiger charge is -2.40. The lowest BCUT2D eigenvalue weighted by atomic mass is 10.0. The number of rotatable bonds is 5. The highest BCUT2D eigenvalue weighted by atomic mass is 19.1. The number of halogens is 2. The zero-order chi connectivity index (χ0) is 25.8. The van der Waals surface area contributed by atoms with E-state index in [4.69, 9.17) is 5.26 Å². The van der Waals surface area contributed by atoms with Gasteiger partial charge in [-0.15, -0.1) is 0 Å². The predicted octanol–water partition coefficient (Wildman–Crippen LogP) is 4.74. The van der Waals surface area contributed by atoms with Crippen molar-refractivity contribution in [3.8, 4) is 6.07 Å². The molecule has 1 N–H and O–H groups in total. The number of piperazine rings is 1. The number of carbonyl (C=O) groups is 2. The fourth-order valence-corrected chi connectivity index (χ4v) is 4.46. The molecule has 3 aromatic rings. The number of nitrogens with zero attached hydrogens (tertiary/aromatic N) is 3. The first-order valence-electron chi connectivity index (χ1n) is 11.6. The van der Waals surface area contributed by atoms with Crippen LogP contribution in [-0.2, 0) is 6.54 Å². The highest BCUT2D eigenvalue weighted by Gasteiger charge is 2.28. The van der Waals surface area contributed by atoms with E-state index in [1.807, 2.05) is 19.9 Å². The van der Waals surface area contributed by atoms with Crippen LogP contribution in [0.2, 0.25) is 0 Å². The lowest BCUT2D eigenvalue weighted by molar-refractivity contribution is 0.0474. The standard InChI is InChI=1S/C28H26F2N4O2/c1-18-16-33(9-10-34(18)28(36)22-7-4-8-24(29)12-22)17-23-13-25(30)14-26(19(23)2)32-27(35)21-6-3-5-20(11-21)15-31/h3-8,11-14,18H,9-10,16-17H2,1-2H3,(H,32,35). The predicted molar refractivity (Wildman–Crippen MR) is 132 cm³/mol. The molecule has 8 heteroatoms. The van der Waals surface area contributed by atoms with E-state index in [2.05, 4.69) is 10.2 Å². The highest BCUT2D eigenvalue weighted by Crippen LogP contribution is 2.25. The van der Waals surface area contributed by atoms with E-state index in [0.29, 0.717) is 48.6 Å². The molecule has 6 nitrogen and oxygen atoms in total. The van der Waals surface area contributed by atoms with Gasteiger partial charge in [0.15, 0.2) is 0 Å². The Morgan fingerprint density at radius 2 is 1.78 bits per heavy atom. The third-order valence-electron chi connectivity index (χ3n) is 6.42. The van der Waals surface area contributed by atoms with Gasteiger partial charge >= 0.3 is 0 Å². The van der Waals surface area contributed by atoms with E-state index < -0.39 is 17.5 Å². The van der Waals surface area contributed by atoms with Gasteiger partial charge in [-0.05, 0) is 73.5 Å². The van der Waals surface area contributed by atoms with Crippen molar-refractivity contribution in [1.29, 1.82) is 5.26 Å². The quantitative estimate of drug-likeness (QED) is 0.563. The second kappa shape index (κ2) is 10.7. The van der Waals surface area contributed by atoms with E-state index >= 15 is 0 Å². The Hall–Kier alpha value is -4.09. The molecule has 0 saturated carbocycles. The van der Waals surface area contributed by atoms with Crippen molar-refractivity contribution in [2.75, 3.05) is 25.0 Å². The Kier molecular flexibility index (Phi) is 7.41. The van der Waals surface area contributed by atoms with Gasteiger partial charge in [0.25, 0.3) is 11.8 Å². The lowest BCUT2D eigenvalue weighted by Crippen LogP contribution is -2.53. The van der Waals surface area contributed by atoms with Crippen molar-refractivity contribution >= 4 is 17.5 Å². The maximum atomic E-state index is 14.5. The smallest absolute Gasteiger partial charge is 0.255 e. The summed E-state index contributed by atoms with van der Waals surface area (Å²) in [7, 11) is 0. The van der Waals surface area contributed by atoms with Crippen LogP contribution in [-0.4, -0.2) is 47.3 Å². The highest BCUT2D eigenvalue weighted by molar-refractivity contribution is 6.05. The van der Waals surface area contributed by atoms with Gasteiger partial charge in [-0.2, -0.15) is 5.26 Å². The molecular weight excluding hydrogens is 462 g/mol. The number of nitriles is 1. The van der Waals surface area contributed by atoms with Gasteiger partial charge in [-0.3, -0.25) is 14.5 Å². The van der Waals surface area contributed by atoms with Crippen molar-refractivity contribution in [1.82, 2.24) is 9.80 Å². The molecule has 1 saturated heterocycles. The molecule has 184 valence electrons. The Bertz CT molecular complexity index is 1350. The fourth-order valence-electron chi connectivity index (χ4n) is 4.46. The third-order valence-corrected chi connectivity index (χ3v) is 6.42. The fraction of sp³-hybridized carbons (Fsp3) is 0.250. The molecule has 0 radical (unpaired) electrons. The van der Waals surface area contributed by atoms with Crippen molar-refractivity contribution in [2.45, 2.75) is 26.4 Å². The zero-order valence-corrected chi connectivity index (χ0v) is 20.1. The number of hydrogen-bond acceptors (Lipinski definition) is 4. The summed E-state index contributed by atoms with van der Waals surface area (Å²) in [5, 5.41) is 11.8. The third kappa shape index (κ3) is 5.58. The molecule has 4 rings (SSSR count). The van der Waals surface area contributed by atoms with E-state index in [1.165, 1.54) is 36.4 Å². The minimum absolute atomic E-state index is 0.116. The first-order valence-corrected chi connectivity index (χ1v) is 11.6. The molecule has 2 amide bonds. The maximum Gasteiger partial charge on any atom is 0.255 e. The summed E-state index contributed by atoms with van der Waals surface area (Å²) in [4.78, 5) is 29.4. The van der Waals surface area contributed by atoms with Crippen molar-refractivity contribution in [2.24, 2.45) is 0 Å². The second-order valence-corrected chi connectivity index (χ2v) is 8.98. The first-order chi connectivity index (χ1) is 17.2. The number of hydrogen-bond donors (Lipinski definition) is 1. The molecule has 1 aliphatic rings. The van der Waals surface area contributed by atoms with E-state index in [-0.39, 0.29) is 11.9 Å². The summed E-state index contributed by atoms with van der Waals surface area (Å²) in [5.74, 6) is -1.56. The van der Waals surface area contributed by atoms with E-state index in [9.17, 15) is 18.4 Å². The Labute approximate surface area is 208 Å². The molecule has 1 aliphatic heterocycles. The number of anilines is 1. The van der Waals surface area contributed by atoms with Crippen LogP contribution in [0.25, 0.3) is 0 Å². The molecule has 1 fully saturated rings. The second-order valence-electron chi connectivity index (χ2n) is 8.98. The summed E-state index contributed by atoms with van der Waals surface area (Å²) in [5.41, 5.74) is 2.83. The maximum absolute atomic E-state index is 14.5. The molecule has 0 bridgehead atoms. The first kappa shape index (κ1) is 25.0. The number of carbonyl (C=O) groups excluding carboxylic acids is 2. The summed E-state index contributed by atoms with van der Waals surface area (Å²) in [6.45, 7) is 5.81. The van der Waals surface area contributed by atoms with Gasteiger partial charge in [-0.25, -0.2) is 8.78 Å². The molecule has 0 aromatic heterocycles. The monoisotopic (exact) mass is 488 g/mol. The summed E-state index contributed by atoms with van der Waals surface area (Å²) in [6.07, 6.45) is 0. The molecule has 1 atom stereocenters. The molecule has 3 aromatic carbocycles. The topological polar surface area (TPSA) is 76.4 Å². The van der Waals surface area contributed by atoms with Crippen LogP contribution in [0.1, 0.15) is 44.3 Å². The Balaban J connectivity index is 1.45. The van der Waals surface area contributed by atoms with E-state index in [0.717, 1.165) is 11.1 Å². The minimum atomic E-state index is -0.468. The van der Waals surface area contributed by atoms with Gasteiger partial charge in [0, 0.05) is 49.0 Å². The number of nitrogens with one attached hydrogen (secondary N) is 1. The van der Waals surface area contributed by atoms with Crippen LogP contribution in [0, 0.1) is 29.9 Å². The minimum Gasteiger partial charge on any atom is -0.333 e. The Morgan fingerprint density at radius 1 is 1.03 bits per heavy atom. The van der Waals surface area contributed by atoms with Gasteiger partial charge in [-0.1, -0.05) is 12.1 Å². The van der Waals surface area contributed by atoms with Crippen LogP contribution in [0.15, 0.2) is 60.7 Å². The largest absolute Gasteiger partial charge is 0.333 e. The van der Waals surface area contributed by atoms with Crippen LogP contribution < -0.4 is 5.32 Å². The number of amides is 2. The van der Waals surface area contributed by atoms with Crippen molar-refractivity contribution in [3.05, 3.63) is 100 Å². The van der Waals surface area contributed by atoms with Gasteiger partial charge in [0.2, 0.25) is 0 Å². The van der Waals surface area contributed by atoms with Crippen LogP contribution in [0.3, 0.4) is 0 Å². The molecular formula is C28H26F2N4O2. The Morgan fingerprint density at radius 3 is 2.50 bits per heavy atom. The van der Waals surface area contributed by atoms with Gasteiger partial charge < -0.3 is 10.2 Å². The van der Waals surface area contributed by atoms with Crippen LogP contribution >= 0.6 is 0 Å². The summed E-state index contributed by atoms with van der Waals surface area (Å²) < 4.78 is 28.1. The zero-order valence-electron chi connectivity index (χ0n) is 20.1. The molecule has 0 aliphatic carbocycles. The SMILES string of the molecule is Cc1c(CN2CCN(C(=O)c3cccc(F)c3)C(C)C2)cc(F)cc1NC(=O)c1cccc(C#N)c1. The normalized spacial score (nSPS) is 15.9. The average molecular weight is 489 g/mol. The van der Waals surface area contributed by atoms with Gasteiger partial charge in [0.1, 0.15) is 11.6 Å². The molecule has 1 heterocycles. The van der Waals surface area contributed by atoms with Crippen molar-refractivity contribution in [3.63, 3.8) is 0 Å². The summed E-state index contributed by atoms with van der Waals surface area (Å²) in [6, 6.07) is 16.6. The van der Waals surface area contributed by atoms with Crippen molar-refractivity contribution < 1.29 is 18.4 Å². The average Bonchev–Trinajstić information content (AvgIpc) is 2.86. The van der Waals surface area contributed by atoms with E-state index in [1.54, 1.807) is 29.2 Å².